The summed E-state index contributed by atoms with van der Waals surface area (Å²) in [6.45, 7) is 1.92. The molecule has 33 heavy (non-hydrogen) atoms. The van der Waals surface area contributed by atoms with Crippen LogP contribution in [0.25, 0.3) is 0 Å². The number of amides is 1. The van der Waals surface area contributed by atoms with Crippen molar-refractivity contribution in [1.82, 2.24) is 9.21 Å². The molecule has 0 aliphatic carbocycles. The van der Waals surface area contributed by atoms with Crippen LogP contribution >= 0.6 is 0 Å². The van der Waals surface area contributed by atoms with E-state index >= 15 is 0 Å². The lowest BCUT2D eigenvalue weighted by Gasteiger charge is -2.37. The van der Waals surface area contributed by atoms with E-state index in [0.717, 1.165) is 19.3 Å². The quantitative estimate of drug-likeness (QED) is 0.474. The second-order valence-electron chi connectivity index (χ2n) is 8.91. The maximum atomic E-state index is 13.2. The number of hydrogen-bond donors (Lipinski definition) is 0. The zero-order chi connectivity index (χ0) is 23.4. The maximum Gasteiger partial charge on any atom is 0.269 e. The van der Waals surface area contributed by atoms with Crippen molar-refractivity contribution in [3.63, 3.8) is 0 Å². The van der Waals surface area contributed by atoms with E-state index < -0.39 is 14.9 Å². The molecule has 0 unspecified atom stereocenters. The Labute approximate surface area is 194 Å². The zero-order valence-electron chi connectivity index (χ0n) is 18.5. The van der Waals surface area contributed by atoms with E-state index in [1.807, 2.05) is 23.1 Å². The molecule has 176 valence electrons. The third kappa shape index (κ3) is 5.42. The molecule has 1 amide bonds. The van der Waals surface area contributed by atoms with Gasteiger partial charge in [0.25, 0.3) is 5.69 Å². The second kappa shape index (κ2) is 10.0. The number of sulfonamides is 1. The average Bonchev–Trinajstić information content (AvgIpc) is 2.85. The van der Waals surface area contributed by atoms with E-state index in [1.54, 1.807) is 0 Å². The normalized spacial score (nSPS) is 20.5. The first-order valence-electron chi connectivity index (χ1n) is 11.4. The number of carbonyl (C=O) groups excluding carboxylic acids is 1. The van der Waals surface area contributed by atoms with Gasteiger partial charge in [0.05, 0.1) is 15.7 Å². The smallest absolute Gasteiger partial charge is 0.269 e. The molecule has 2 fully saturated rings. The van der Waals surface area contributed by atoms with Crippen LogP contribution < -0.4 is 0 Å². The summed E-state index contributed by atoms with van der Waals surface area (Å²) in [6.07, 6.45) is 4.23. The number of nitro benzene ring substituents is 1. The van der Waals surface area contributed by atoms with E-state index in [1.165, 1.54) is 34.1 Å². The average molecular weight is 472 g/mol. The van der Waals surface area contributed by atoms with E-state index in [4.69, 9.17) is 0 Å². The van der Waals surface area contributed by atoms with Gasteiger partial charge < -0.3 is 4.90 Å². The molecule has 0 bridgehead atoms. The van der Waals surface area contributed by atoms with Crippen molar-refractivity contribution in [2.45, 2.75) is 37.0 Å². The van der Waals surface area contributed by atoms with Gasteiger partial charge in [-0.15, -0.1) is 0 Å². The Morgan fingerprint density at radius 1 is 0.970 bits per heavy atom. The topological polar surface area (TPSA) is 101 Å². The summed E-state index contributed by atoms with van der Waals surface area (Å²) in [4.78, 5) is 25.4. The third-order valence-electron chi connectivity index (χ3n) is 6.71. The summed E-state index contributed by atoms with van der Waals surface area (Å²) in [5.74, 6) is 0.246. The largest absolute Gasteiger partial charge is 0.342 e. The van der Waals surface area contributed by atoms with Gasteiger partial charge in [0.2, 0.25) is 15.9 Å². The number of rotatable bonds is 6. The Bertz CT molecular complexity index is 1080. The molecule has 0 radical (unpaired) electrons. The van der Waals surface area contributed by atoms with E-state index in [2.05, 4.69) is 12.1 Å². The summed E-state index contributed by atoms with van der Waals surface area (Å²) in [7, 11) is -3.81. The van der Waals surface area contributed by atoms with Crippen LogP contribution in [0, 0.1) is 22.0 Å². The first-order chi connectivity index (χ1) is 15.8. The zero-order valence-corrected chi connectivity index (χ0v) is 19.3. The van der Waals surface area contributed by atoms with Crippen molar-refractivity contribution >= 4 is 21.6 Å². The van der Waals surface area contributed by atoms with Crippen LogP contribution in [-0.2, 0) is 21.2 Å². The predicted molar refractivity (Wildman–Crippen MR) is 124 cm³/mol. The number of likely N-dealkylation sites (tertiary alicyclic amines) is 1. The van der Waals surface area contributed by atoms with Crippen LogP contribution in [0.2, 0.25) is 0 Å². The first-order valence-corrected chi connectivity index (χ1v) is 12.9. The van der Waals surface area contributed by atoms with Gasteiger partial charge in [-0.1, -0.05) is 30.3 Å². The molecule has 9 heteroatoms. The maximum absolute atomic E-state index is 13.2. The Morgan fingerprint density at radius 3 is 2.27 bits per heavy atom. The van der Waals surface area contributed by atoms with Gasteiger partial charge in [0, 0.05) is 38.3 Å². The van der Waals surface area contributed by atoms with Gasteiger partial charge in [0.15, 0.2) is 0 Å². The van der Waals surface area contributed by atoms with Crippen LogP contribution in [0.3, 0.4) is 0 Å². The third-order valence-corrected chi connectivity index (χ3v) is 8.59. The SMILES string of the molecule is O=C([C@H]1CCCN(S(=O)(=O)c2ccc([N+](=O)[O-])cc2)C1)N1CCC(Cc2ccccc2)CC1. The minimum atomic E-state index is -3.81. The van der Waals surface area contributed by atoms with Crippen molar-refractivity contribution < 1.29 is 18.1 Å². The molecule has 0 aromatic heterocycles. The van der Waals surface area contributed by atoms with Crippen LogP contribution in [0.5, 0.6) is 0 Å². The van der Waals surface area contributed by atoms with Crippen LogP contribution in [0.15, 0.2) is 59.5 Å². The Hall–Kier alpha value is -2.78. The molecule has 2 aliphatic rings. The van der Waals surface area contributed by atoms with Crippen molar-refractivity contribution in [2.75, 3.05) is 26.2 Å². The molecule has 2 aromatic rings. The van der Waals surface area contributed by atoms with E-state index in [-0.39, 0.29) is 29.0 Å². The Kier molecular flexibility index (Phi) is 7.09. The molecule has 2 aromatic carbocycles. The van der Waals surface area contributed by atoms with Gasteiger partial charge in [-0.3, -0.25) is 14.9 Å². The second-order valence-corrected chi connectivity index (χ2v) is 10.8. The van der Waals surface area contributed by atoms with Crippen molar-refractivity contribution in [3.8, 4) is 0 Å². The monoisotopic (exact) mass is 471 g/mol. The van der Waals surface area contributed by atoms with Crippen LogP contribution in [-0.4, -0.2) is 54.6 Å². The van der Waals surface area contributed by atoms with Crippen LogP contribution in [0.1, 0.15) is 31.2 Å². The summed E-state index contributed by atoms with van der Waals surface area (Å²) in [5, 5.41) is 10.8. The minimum absolute atomic E-state index is 0.0166. The molecule has 2 aliphatic heterocycles. The van der Waals surface area contributed by atoms with Crippen molar-refractivity contribution in [1.29, 1.82) is 0 Å². The molecule has 1 atom stereocenters. The Morgan fingerprint density at radius 2 is 1.64 bits per heavy atom. The number of nitro groups is 1. The summed E-state index contributed by atoms with van der Waals surface area (Å²) in [5.41, 5.74) is 1.16. The molecule has 0 N–H and O–H groups in total. The van der Waals surface area contributed by atoms with Gasteiger partial charge in [-0.25, -0.2) is 8.42 Å². The summed E-state index contributed by atoms with van der Waals surface area (Å²) < 4.78 is 27.5. The van der Waals surface area contributed by atoms with Crippen molar-refractivity contribution in [2.24, 2.45) is 11.8 Å². The standard InChI is InChI=1S/C24H29N3O5S/c28-24(25-15-12-20(13-16-25)17-19-5-2-1-3-6-19)21-7-4-14-26(18-21)33(31,32)23-10-8-22(9-11-23)27(29)30/h1-3,5-6,8-11,20-21H,4,7,12-18H2/t21-/m0/s1. The highest BCUT2D eigenvalue weighted by molar-refractivity contribution is 7.89. The molecular formula is C24H29N3O5S. The lowest BCUT2D eigenvalue weighted by Crippen LogP contribution is -2.48. The number of benzene rings is 2. The fraction of sp³-hybridized carbons (Fsp3) is 0.458. The van der Waals surface area contributed by atoms with Gasteiger partial charge in [0.1, 0.15) is 0 Å². The number of piperidine rings is 2. The molecule has 0 spiro atoms. The number of carbonyl (C=O) groups is 1. The van der Waals surface area contributed by atoms with E-state index in [9.17, 15) is 23.3 Å². The van der Waals surface area contributed by atoms with Crippen LogP contribution in [0.4, 0.5) is 5.69 Å². The number of nitrogens with zero attached hydrogens (tertiary/aromatic N) is 3. The highest BCUT2D eigenvalue weighted by atomic mass is 32.2. The van der Waals surface area contributed by atoms with E-state index in [0.29, 0.717) is 38.4 Å². The molecule has 8 nitrogen and oxygen atoms in total. The van der Waals surface area contributed by atoms with Gasteiger partial charge >= 0.3 is 0 Å². The highest BCUT2D eigenvalue weighted by Gasteiger charge is 2.36. The lowest BCUT2D eigenvalue weighted by molar-refractivity contribution is -0.384. The predicted octanol–water partition coefficient (Wildman–Crippen LogP) is 3.48. The number of hydrogen-bond acceptors (Lipinski definition) is 5. The molecule has 0 saturated carbocycles. The first kappa shape index (κ1) is 23.4. The molecule has 2 heterocycles. The molecule has 4 rings (SSSR count). The fourth-order valence-corrected chi connectivity index (χ4v) is 6.34. The van der Waals surface area contributed by atoms with Gasteiger partial charge in [-0.05, 0) is 55.7 Å². The molecule has 2 saturated heterocycles. The fourth-order valence-electron chi connectivity index (χ4n) is 4.81. The number of non-ortho nitro benzene ring substituents is 1. The lowest BCUT2D eigenvalue weighted by atomic mass is 9.89. The minimum Gasteiger partial charge on any atom is -0.342 e. The summed E-state index contributed by atoms with van der Waals surface area (Å²) >= 11 is 0. The van der Waals surface area contributed by atoms with Crippen molar-refractivity contribution in [3.05, 3.63) is 70.3 Å². The molecular weight excluding hydrogens is 442 g/mol. The summed E-state index contributed by atoms with van der Waals surface area (Å²) in [6, 6.07) is 15.3. The Balaban J connectivity index is 1.35. The van der Waals surface area contributed by atoms with Gasteiger partial charge in [-0.2, -0.15) is 4.31 Å². The highest BCUT2D eigenvalue weighted by Crippen LogP contribution is 2.28.